The van der Waals surface area contributed by atoms with Gasteiger partial charge in [-0.05, 0) is 24.7 Å². The third-order valence-electron chi connectivity index (χ3n) is 4.25. The van der Waals surface area contributed by atoms with Crippen LogP contribution in [-0.4, -0.2) is 28.0 Å². The van der Waals surface area contributed by atoms with Crippen molar-refractivity contribution < 1.29 is 8.85 Å². The monoisotopic (exact) mass is 336 g/mol. The molecule has 2 unspecified atom stereocenters. The first-order valence-corrected chi connectivity index (χ1v) is 11.3. The van der Waals surface area contributed by atoms with Gasteiger partial charge in [0.25, 0.3) is 0 Å². The molecule has 0 aromatic carbocycles. The highest BCUT2D eigenvalue weighted by Gasteiger charge is 2.17. The summed E-state index contributed by atoms with van der Waals surface area (Å²) < 4.78 is 12.1. The van der Waals surface area contributed by atoms with Crippen molar-refractivity contribution in [1.29, 1.82) is 0 Å². The van der Waals surface area contributed by atoms with Crippen molar-refractivity contribution in [1.82, 2.24) is 0 Å². The molecule has 0 fully saturated rings. The molecular weight excluding hydrogens is 300 g/mol. The molecule has 0 radical (unpaired) electrons. The van der Waals surface area contributed by atoms with Crippen LogP contribution in [0.1, 0.15) is 79.1 Å². The van der Waals surface area contributed by atoms with E-state index in [1.807, 2.05) is 0 Å². The summed E-state index contributed by atoms with van der Waals surface area (Å²) in [6, 6.07) is 0. The van der Waals surface area contributed by atoms with Crippen LogP contribution in [0.4, 0.5) is 0 Å². The molecule has 128 valence electrons. The van der Waals surface area contributed by atoms with Crippen molar-refractivity contribution >= 4 is 20.9 Å². The molecule has 0 heterocycles. The molecule has 0 spiro atoms. The van der Waals surface area contributed by atoms with Crippen molar-refractivity contribution in [2.24, 2.45) is 11.8 Å². The SMILES string of the molecule is CCCCC(CC)CO[SiH](CCl)OCC(CC)CCCC. The summed E-state index contributed by atoms with van der Waals surface area (Å²) in [6.45, 7) is 10.7. The van der Waals surface area contributed by atoms with Crippen LogP contribution in [0.15, 0.2) is 0 Å². The van der Waals surface area contributed by atoms with Crippen LogP contribution in [0.25, 0.3) is 0 Å². The second-order valence-electron chi connectivity index (χ2n) is 6.08. The minimum absolute atomic E-state index is 0.564. The molecule has 0 saturated carbocycles. The van der Waals surface area contributed by atoms with Crippen LogP contribution in [0.5, 0.6) is 0 Å². The summed E-state index contributed by atoms with van der Waals surface area (Å²) in [4.78, 5) is 0. The maximum absolute atomic E-state index is 6.04. The maximum atomic E-state index is 6.04. The normalized spacial score (nSPS) is 15.9. The zero-order valence-electron chi connectivity index (χ0n) is 14.7. The predicted molar refractivity (Wildman–Crippen MR) is 96.4 cm³/mol. The number of hydrogen-bond acceptors (Lipinski definition) is 2. The van der Waals surface area contributed by atoms with Crippen LogP contribution in [0.3, 0.4) is 0 Å². The van der Waals surface area contributed by atoms with Crippen molar-refractivity contribution in [3.8, 4) is 0 Å². The van der Waals surface area contributed by atoms with E-state index in [0.29, 0.717) is 17.3 Å². The molecule has 0 rings (SSSR count). The molecular formula is C17H37ClO2Si. The van der Waals surface area contributed by atoms with Gasteiger partial charge in [-0.1, -0.05) is 66.2 Å². The van der Waals surface area contributed by atoms with Crippen LogP contribution in [0, 0.1) is 11.8 Å². The van der Waals surface area contributed by atoms with E-state index in [0.717, 1.165) is 13.2 Å². The molecule has 0 aliphatic carbocycles. The summed E-state index contributed by atoms with van der Waals surface area (Å²) in [6.07, 6.45) is 10.0. The fourth-order valence-corrected chi connectivity index (χ4v) is 4.20. The second kappa shape index (κ2) is 15.3. The van der Waals surface area contributed by atoms with Crippen molar-refractivity contribution in [2.45, 2.75) is 79.1 Å². The number of halogens is 1. The summed E-state index contributed by atoms with van der Waals surface area (Å²) in [5.41, 5.74) is 0.564. The van der Waals surface area contributed by atoms with E-state index in [2.05, 4.69) is 27.7 Å². The number of unbranched alkanes of at least 4 members (excludes halogenated alkanes) is 2. The van der Waals surface area contributed by atoms with Gasteiger partial charge in [0.15, 0.2) is 0 Å². The fourth-order valence-electron chi connectivity index (χ4n) is 2.42. The lowest BCUT2D eigenvalue weighted by Gasteiger charge is -2.22. The molecule has 0 aromatic heterocycles. The van der Waals surface area contributed by atoms with E-state index in [4.69, 9.17) is 20.5 Å². The Morgan fingerprint density at radius 2 is 1.24 bits per heavy atom. The van der Waals surface area contributed by atoms with Crippen molar-refractivity contribution in [3.63, 3.8) is 0 Å². The quantitative estimate of drug-likeness (QED) is 0.292. The fraction of sp³-hybridized carbons (Fsp3) is 1.00. The highest BCUT2D eigenvalue weighted by atomic mass is 35.5. The third kappa shape index (κ3) is 11.6. The minimum Gasteiger partial charge on any atom is -0.396 e. The van der Waals surface area contributed by atoms with Gasteiger partial charge in [0.2, 0.25) is 0 Å². The zero-order chi connectivity index (χ0) is 15.9. The molecule has 0 N–H and O–H groups in total. The standard InChI is InChI=1S/C17H37ClO2Si/c1-5-9-11-16(7-3)13-19-21(15-18)20-14-17(8-4)12-10-6-2/h16-17,21H,5-15H2,1-4H3. The highest BCUT2D eigenvalue weighted by molar-refractivity contribution is 6.56. The Kier molecular flexibility index (Phi) is 15.6. The Labute approximate surface area is 139 Å². The van der Waals surface area contributed by atoms with Gasteiger partial charge in [0.1, 0.15) is 0 Å². The van der Waals surface area contributed by atoms with Gasteiger partial charge in [-0.15, -0.1) is 11.6 Å². The largest absolute Gasteiger partial charge is 0.396 e. The van der Waals surface area contributed by atoms with Gasteiger partial charge in [0, 0.05) is 13.2 Å². The first kappa shape index (κ1) is 21.4. The average molecular weight is 337 g/mol. The molecule has 0 aromatic rings. The molecule has 2 atom stereocenters. The van der Waals surface area contributed by atoms with Crippen LogP contribution < -0.4 is 0 Å². The van der Waals surface area contributed by atoms with Crippen molar-refractivity contribution in [3.05, 3.63) is 0 Å². The Bertz CT molecular complexity index is 197. The molecule has 0 aliphatic heterocycles. The van der Waals surface area contributed by atoms with E-state index in [-0.39, 0.29) is 0 Å². The predicted octanol–water partition coefficient (Wildman–Crippen LogP) is 5.45. The Hall–Kier alpha value is 0.427. The summed E-state index contributed by atoms with van der Waals surface area (Å²) in [5, 5.41) is 0. The number of alkyl halides is 1. The highest BCUT2D eigenvalue weighted by Crippen LogP contribution is 2.16. The second-order valence-corrected chi connectivity index (χ2v) is 8.84. The van der Waals surface area contributed by atoms with E-state index in [1.54, 1.807) is 0 Å². The van der Waals surface area contributed by atoms with E-state index in [1.165, 1.54) is 51.4 Å². The van der Waals surface area contributed by atoms with Gasteiger partial charge in [-0.25, -0.2) is 0 Å². The van der Waals surface area contributed by atoms with Crippen LogP contribution in [-0.2, 0) is 8.85 Å². The summed E-state index contributed by atoms with van der Waals surface area (Å²) in [7, 11) is -1.66. The molecule has 0 saturated heterocycles. The Morgan fingerprint density at radius 1 is 0.810 bits per heavy atom. The lowest BCUT2D eigenvalue weighted by molar-refractivity contribution is 0.144. The van der Waals surface area contributed by atoms with Crippen molar-refractivity contribution in [2.75, 3.05) is 18.7 Å². The van der Waals surface area contributed by atoms with E-state index in [9.17, 15) is 0 Å². The maximum Gasteiger partial charge on any atom is 0.336 e. The first-order valence-electron chi connectivity index (χ1n) is 9.00. The lowest BCUT2D eigenvalue weighted by atomic mass is 10.0. The first-order chi connectivity index (χ1) is 10.2. The number of rotatable bonds is 15. The van der Waals surface area contributed by atoms with Gasteiger partial charge < -0.3 is 8.85 Å². The minimum atomic E-state index is -1.66. The van der Waals surface area contributed by atoms with E-state index < -0.39 is 9.28 Å². The molecule has 2 nitrogen and oxygen atoms in total. The molecule has 21 heavy (non-hydrogen) atoms. The average Bonchev–Trinajstić information content (AvgIpc) is 2.52. The van der Waals surface area contributed by atoms with E-state index >= 15 is 0 Å². The third-order valence-corrected chi connectivity index (χ3v) is 6.38. The smallest absolute Gasteiger partial charge is 0.336 e. The molecule has 0 bridgehead atoms. The topological polar surface area (TPSA) is 18.5 Å². The van der Waals surface area contributed by atoms with Gasteiger partial charge in [0.05, 0.1) is 5.50 Å². The van der Waals surface area contributed by atoms with Gasteiger partial charge in [-0.3, -0.25) is 0 Å². The van der Waals surface area contributed by atoms with Crippen LogP contribution in [0.2, 0.25) is 0 Å². The summed E-state index contributed by atoms with van der Waals surface area (Å²) in [5.74, 6) is 1.35. The molecule has 0 amide bonds. The number of hydrogen-bond donors (Lipinski definition) is 0. The Morgan fingerprint density at radius 3 is 1.52 bits per heavy atom. The lowest BCUT2D eigenvalue weighted by Crippen LogP contribution is -2.30. The zero-order valence-corrected chi connectivity index (χ0v) is 16.6. The van der Waals surface area contributed by atoms with Crippen LogP contribution >= 0.6 is 11.6 Å². The van der Waals surface area contributed by atoms with Gasteiger partial charge >= 0.3 is 9.28 Å². The molecule has 4 heteroatoms. The summed E-state index contributed by atoms with van der Waals surface area (Å²) >= 11 is 6.04. The molecule has 0 aliphatic rings. The van der Waals surface area contributed by atoms with Gasteiger partial charge in [-0.2, -0.15) is 0 Å². The Balaban J connectivity index is 3.96.